The van der Waals surface area contributed by atoms with Crippen LogP contribution in [0, 0.1) is 5.92 Å². The van der Waals surface area contributed by atoms with E-state index in [1.165, 1.54) is 64.6 Å². The van der Waals surface area contributed by atoms with Gasteiger partial charge < -0.3 is 10.2 Å². The van der Waals surface area contributed by atoms with Crippen molar-refractivity contribution in [3.8, 4) is 0 Å². The Bertz CT molecular complexity index is 177. The summed E-state index contributed by atoms with van der Waals surface area (Å²) in [5, 5.41) is 3.25. The normalized spacial score (nSPS) is 32.6. The molecule has 0 aromatic rings. The molecule has 0 bridgehead atoms. The van der Waals surface area contributed by atoms with E-state index >= 15 is 0 Å². The molecular weight excluding hydrogens is 184 g/mol. The van der Waals surface area contributed by atoms with Crippen molar-refractivity contribution in [2.45, 2.75) is 51.0 Å². The van der Waals surface area contributed by atoms with Crippen molar-refractivity contribution in [1.29, 1.82) is 0 Å². The summed E-state index contributed by atoms with van der Waals surface area (Å²) in [5.74, 6) is 1.03. The highest BCUT2D eigenvalue weighted by Gasteiger charge is 2.29. The zero-order valence-electron chi connectivity index (χ0n) is 10.2. The van der Waals surface area contributed by atoms with Crippen LogP contribution < -0.4 is 5.32 Å². The van der Waals surface area contributed by atoms with Gasteiger partial charge in [-0.1, -0.05) is 12.8 Å². The quantitative estimate of drug-likeness (QED) is 0.700. The molecule has 1 aliphatic heterocycles. The van der Waals surface area contributed by atoms with Gasteiger partial charge in [-0.2, -0.15) is 0 Å². The molecular formula is C13H26N2. The Kier molecular flexibility index (Phi) is 4.45. The third-order valence-electron chi connectivity index (χ3n) is 4.20. The molecule has 1 saturated carbocycles. The Hall–Kier alpha value is -0.0800. The van der Waals surface area contributed by atoms with Crippen molar-refractivity contribution in [3.05, 3.63) is 0 Å². The van der Waals surface area contributed by atoms with Gasteiger partial charge in [0.15, 0.2) is 0 Å². The minimum Gasteiger partial charge on any atom is -0.320 e. The maximum atomic E-state index is 3.25. The van der Waals surface area contributed by atoms with E-state index in [-0.39, 0.29) is 0 Å². The van der Waals surface area contributed by atoms with Gasteiger partial charge in [-0.3, -0.25) is 0 Å². The van der Waals surface area contributed by atoms with Crippen molar-refractivity contribution < 1.29 is 0 Å². The van der Waals surface area contributed by atoms with Gasteiger partial charge in [0.2, 0.25) is 0 Å². The molecule has 2 nitrogen and oxygen atoms in total. The van der Waals surface area contributed by atoms with Crippen molar-refractivity contribution >= 4 is 0 Å². The summed E-state index contributed by atoms with van der Waals surface area (Å²) in [5.41, 5.74) is 0. The average molecular weight is 210 g/mol. The Morgan fingerprint density at radius 2 is 2.07 bits per heavy atom. The lowest BCUT2D eigenvalue weighted by molar-refractivity contribution is 0.0718. The van der Waals surface area contributed by atoms with Gasteiger partial charge in [-0.25, -0.2) is 0 Å². The Balaban J connectivity index is 1.67. The van der Waals surface area contributed by atoms with Crippen molar-refractivity contribution in [2.24, 2.45) is 5.92 Å². The summed E-state index contributed by atoms with van der Waals surface area (Å²) < 4.78 is 0. The smallest absolute Gasteiger partial charge is 0.00979 e. The van der Waals surface area contributed by atoms with Crippen LogP contribution >= 0.6 is 0 Å². The SMILES string of the molecule is CNCCCC1CCCC(N2CCC2)C1. The predicted molar refractivity (Wildman–Crippen MR) is 65.1 cm³/mol. The number of nitrogens with zero attached hydrogens (tertiary/aromatic N) is 1. The van der Waals surface area contributed by atoms with Crippen LogP contribution in [0.3, 0.4) is 0 Å². The fraction of sp³-hybridized carbons (Fsp3) is 1.00. The van der Waals surface area contributed by atoms with Gasteiger partial charge in [-0.05, 0) is 64.7 Å². The molecule has 2 unspecified atom stereocenters. The first-order valence-corrected chi connectivity index (χ1v) is 6.79. The van der Waals surface area contributed by atoms with Crippen molar-refractivity contribution in [2.75, 3.05) is 26.7 Å². The first-order chi connectivity index (χ1) is 7.40. The van der Waals surface area contributed by atoms with Crippen molar-refractivity contribution in [3.63, 3.8) is 0 Å². The summed E-state index contributed by atoms with van der Waals surface area (Å²) in [6.45, 7) is 3.96. The maximum absolute atomic E-state index is 3.25. The third-order valence-corrected chi connectivity index (χ3v) is 4.20. The summed E-state index contributed by atoms with van der Waals surface area (Å²) in [6, 6.07) is 0.951. The van der Waals surface area contributed by atoms with Gasteiger partial charge >= 0.3 is 0 Å². The molecule has 0 spiro atoms. The van der Waals surface area contributed by atoms with Crippen LogP contribution in [-0.2, 0) is 0 Å². The van der Waals surface area contributed by atoms with Crippen LogP contribution in [0.15, 0.2) is 0 Å². The summed E-state index contributed by atoms with van der Waals surface area (Å²) in [4.78, 5) is 2.71. The van der Waals surface area contributed by atoms with E-state index in [1.54, 1.807) is 0 Å². The highest BCUT2D eigenvalue weighted by molar-refractivity contribution is 4.84. The molecule has 2 atom stereocenters. The van der Waals surface area contributed by atoms with E-state index in [0.29, 0.717) is 0 Å². The number of hydrogen-bond acceptors (Lipinski definition) is 2. The van der Waals surface area contributed by atoms with Crippen LogP contribution in [-0.4, -0.2) is 37.6 Å². The minimum absolute atomic E-state index is 0.951. The lowest BCUT2D eigenvalue weighted by Gasteiger charge is -2.42. The average Bonchev–Trinajstić information content (AvgIpc) is 2.16. The second kappa shape index (κ2) is 5.86. The second-order valence-electron chi connectivity index (χ2n) is 5.32. The van der Waals surface area contributed by atoms with Gasteiger partial charge in [0, 0.05) is 6.04 Å². The van der Waals surface area contributed by atoms with E-state index in [0.717, 1.165) is 12.0 Å². The van der Waals surface area contributed by atoms with Gasteiger partial charge in [0.25, 0.3) is 0 Å². The standard InChI is InChI=1S/C13H26N2/c1-14-8-3-6-12-5-2-7-13(11-12)15-9-4-10-15/h12-14H,2-11H2,1H3. The first-order valence-electron chi connectivity index (χ1n) is 6.79. The van der Waals surface area contributed by atoms with E-state index < -0.39 is 0 Å². The minimum atomic E-state index is 0.951. The van der Waals surface area contributed by atoms with E-state index in [1.807, 2.05) is 0 Å². The van der Waals surface area contributed by atoms with E-state index in [9.17, 15) is 0 Å². The molecule has 2 heteroatoms. The van der Waals surface area contributed by atoms with Crippen LogP contribution in [0.4, 0.5) is 0 Å². The molecule has 0 aromatic carbocycles. The fourth-order valence-electron chi connectivity index (χ4n) is 3.13. The summed E-state index contributed by atoms with van der Waals surface area (Å²) in [6.07, 6.45) is 10.2. The Morgan fingerprint density at radius 1 is 1.20 bits per heavy atom. The van der Waals surface area contributed by atoms with E-state index in [4.69, 9.17) is 0 Å². The molecule has 2 rings (SSSR count). The molecule has 2 aliphatic rings. The molecule has 88 valence electrons. The monoisotopic (exact) mass is 210 g/mol. The van der Waals surface area contributed by atoms with E-state index in [2.05, 4.69) is 17.3 Å². The van der Waals surface area contributed by atoms with Crippen LogP contribution in [0.1, 0.15) is 44.9 Å². The molecule has 0 amide bonds. The third kappa shape index (κ3) is 3.18. The Labute approximate surface area is 94.4 Å². The molecule has 1 N–H and O–H groups in total. The molecule has 15 heavy (non-hydrogen) atoms. The lowest BCUT2D eigenvalue weighted by Crippen LogP contribution is -2.47. The lowest BCUT2D eigenvalue weighted by atomic mass is 9.81. The van der Waals surface area contributed by atoms with Crippen molar-refractivity contribution in [1.82, 2.24) is 10.2 Å². The molecule has 2 fully saturated rings. The fourth-order valence-corrected chi connectivity index (χ4v) is 3.13. The summed E-state index contributed by atoms with van der Waals surface area (Å²) >= 11 is 0. The predicted octanol–water partition coefficient (Wildman–Crippen LogP) is 2.25. The van der Waals surface area contributed by atoms with Gasteiger partial charge in [0.1, 0.15) is 0 Å². The largest absolute Gasteiger partial charge is 0.320 e. The van der Waals surface area contributed by atoms with Gasteiger partial charge in [0.05, 0.1) is 0 Å². The zero-order valence-corrected chi connectivity index (χ0v) is 10.2. The summed E-state index contributed by atoms with van der Waals surface area (Å²) in [7, 11) is 2.06. The topological polar surface area (TPSA) is 15.3 Å². The molecule has 1 heterocycles. The number of likely N-dealkylation sites (tertiary alicyclic amines) is 1. The highest BCUT2D eigenvalue weighted by atomic mass is 15.2. The molecule has 0 radical (unpaired) electrons. The maximum Gasteiger partial charge on any atom is 0.00979 e. The number of nitrogens with one attached hydrogen (secondary N) is 1. The number of hydrogen-bond donors (Lipinski definition) is 1. The van der Waals surface area contributed by atoms with Crippen LogP contribution in [0.25, 0.3) is 0 Å². The Morgan fingerprint density at radius 3 is 2.73 bits per heavy atom. The molecule has 1 aliphatic carbocycles. The van der Waals surface area contributed by atoms with Crippen LogP contribution in [0.2, 0.25) is 0 Å². The zero-order chi connectivity index (χ0) is 10.5. The number of rotatable bonds is 5. The van der Waals surface area contributed by atoms with Crippen LogP contribution in [0.5, 0.6) is 0 Å². The van der Waals surface area contributed by atoms with Gasteiger partial charge in [-0.15, -0.1) is 0 Å². The molecule has 1 saturated heterocycles. The highest BCUT2D eigenvalue weighted by Crippen LogP contribution is 2.32. The molecule has 0 aromatic heterocycles. The first kappa shape index (κ1) is 11.4. The second-order valence-corrected chi connectivity index (χ2v) is 5.32.